The van der Waals surface area contributed by atoms with Crippen LogP contribution >= 0.6 is 0 Å². The van der Waals surface area contributed by atoms with Crippen LogP contribution in [0.2, 0.25) is 0 Å². The van der Waals surface area contributed by atoms with Crippen LogP contribution < -0.4 is 10.9 Å². The van der Waals surface area contributed by atoms with E-state index in [1.54, 1.807) is 54.7 Å². The molecule has 2 amide bonds. The topological polar surface area (TPSA) is 118 Å². The maximum atomic E-state index is 12.3. The molecule has 10 nitrogen and oxygen atoms in total. The number of nitrogens with zero attached hydrogens (tertiary/aromatic N) is 6. The first-order valence-corrected chi connectivity index (χ1v) is 9.04. The van der Waals surface area contributed by atoms with Crippen LogP contribution in [-0.4, -0.2) is 47.6 Å². The molecule has 156 valence electrons. The van der Waals surface area contributed by atoms with Crippen molar-refractivity contribution in [3.63, 3.8) is 0 Å². The highest BCUT2D eigenvalue weighted by Crippen LogP contribution is 2.05. The lowest BCUT2D eigenvalue weighted by atomic mass is 10.2. The van der Waals surface area contributed by atoms with E-state index in [2.05, 4.69) is 25.9 Å². The van der Waals surface area contributed by atoms with Crippen molar-refractivity contribution in [1.82, 2.24) is 20.9 Å². The second-order valence-corrected chi connectivity index (χ2v) is 6.16. The number of benzene rings is 2. The molecule has 0 atom stereocenters. The summed E-state index contributed by atoms with van der Waals surface area (Å²) in [5.41, 5.74) is 6.27. The molecule has 2 rings (SSSR count). The van der Waals surface area contributed by atoms with Crippen molar-refractivity contribution >= 4 is 23.5 Å². The van der Waals surface area contributed by atoms with E-state index in [1.807, 2.05) is 12.1 Å². The Hall–Kier alpha value is -4.70. The first-order chi connectivity index (χ1) is 15.0. The van der Waals surface area contributed by atoms with Crippen LogP contribution in [0.15, 0.2) is 70.8 Å². The number of carbonyl (C=O) groups excluding carboxylic acids is 2. The number of nitriles is 1. The number of aliphatic imine (C=N–C) groups is 1. The lowest BCUT2D eigenvalue weighted by Gasteiger charge is -2.22. The van der Waals surface area contributed by atoms with Crippen molar-refractivity contribution in [3.8, 4) is 6.19 Å². The van der Waals surface area contributed by atoms with Gasteiger partial charge in [-0.15, -0.1) is 4.95 Å². The van der Waals surface area contributed by atoms with Gasteiger partial charge in [-0.2, -0.15) is 16.8 Å². The molecule has 31 heavy (non-hydrogen) atoms. The van der Waals surface area contributed by atoms with Gasteiger partial charge in [0.2, 0.25) is 23.8 Å². The van der Waals surface area contributed by atoms with E-state index >= 15 is 0 Å². The fourth-order valence-electron chi connectivity index (χ4n) is 2.63. The molecule has 0 heterocycles. The number of hydrazine groups is 2. The maximum absolute atomic E-state index is 12.3. The second-order valence-electron chi connectivity index (χ2n) is 6.16. The third kappa shape index (κ3) is 6.69. The fraction of sp³-hybridized carbons (Fsp3) is 0.143. The molecule has 0 aliphatic rings. The van der Waals surface area contributed by atoms with Gasteiger partial charge >= 0.3 is 0 Å². The third-order valence-electron chi connectivity index (χ3n) is 3.91. The molecule has 0 aliphatic heterocycles. The Kier molecular flexibility index (Phi) is 8.26. The summed E-state index contributed by atoms with van der Waals surface area (Å²) in [5, 5.41) is 15.2. The van der Waals surface area contributed by atoms with Gasteiger partial charge in [-0.1, -0.05) is 60.7 Å². The first kappa shape index (κ1) is 22.6. The average molecular weight is 416 g/mol. The second kappa shape index (κ2) is 11.3. The van der Waals surface area contributed by atoms with Crippen LogP contribution in [0.3, 0.4) is 0 Å². The van der Waals surface area contributed by atoms with E-state index in [0.717, 1.165) is 0 Å². The Morgan fingerprint density at radius 1 is 0.935 bits per heavy atom. The molecule has 0 saturated carbocycles. The molecule has 10 heteroatoms. The zero-order chi connectivity index (χ0) is 22.6. The van der Waals surface area contributed by atoms with E-state index < -0.39 is 18.2 Å². The van der Waals surface area contributed by atoms with Crippen LogP contribution in [0.25, 0.3) is 4.95 Å². The van der Waals surface area contributed by atoms with Gasteiger partial charge in [0.25, 0.3) is 0 Å². The molecule has 0 bridgehead atoms. The molecular weight excluding hydrogens is 396 g/mol. The summed E-state index contributed by atoms with van der Waals surface area (Å²) in [5.74, 6) is -0.766. The highest BCUT2D eigenvalue weighted by molar-refractivity contribution is 6.03. The minimum absolute atomic E-state index is 0.226. The van der Waals surface area contributed by atoms with E-state index in [4.69, 9.17) is 11.8 Å². The molecule has 2 N–H and O–H groups in total. The summed E-state index contributed by atoms with van der Waals surface area (Å²) in [7, 11) is 3.03. The minimum atomic E-state index is -0.613. The normalized spacial score (nSPS) is 11.0. The zero-order valence-electron chi connectivity index (χ0n) is 17.0. The zero-order valence-corrected chi connectivity index (χ0v) is 17.0. The van der Waals surface area contributed by atoms with Crippen molar-refractivity contribution in [2.45, 2.75) is 6.42 Å². The largest absolute Gasteiger partial charge is 0.273 e. The molecule has 0 saturated heterocycles. The van der Waals surface area contributed by atoms with Gasteiger partial charge < -0.3 is 0 Å². The van der Waals surface area contributed by atoms with E-state index in [1.165, 1.54) is 24.1 Å². The highest BCUT2D eigenvalue weighted by Gasteiger charge is 2.19. The summed E-state index contributed by atoms with van der Waals surface area (Å²) < 4.78 is 0. The number of rotatable bonds is 4. The smallest absolute Gasteiger partial charge is 0.248 e. The Balaban J connectivity index is 1.99. The number of amides is 2. The third-order valence-corrected chi connectivity index (χ3v) is 3.91. The van der Waals surface area contributed by atoms with Crippen LogP contribution in [0.4, 0.5) is 0 Å². The number of hydrogen-bond donors (Lipinski definition) is 2. The van der Waals surface area contributed by atoms with Crippen LogP contribution in [0, 0.1) is 18.0 Å². The minimum Gasteiger partial charge on any atom is -0.273 e. The predicted octanol–water partition coefficient (Wildman–Crippen LogP) is 1.51. The monoisotopic (exact) mass is 416 g/mol. The Morgan fingerprint density at radius 3 is 1.84 bits per heavy atom. The van der Waals surface area contributed by atoms with Crippen LogP contribution in [0.5, 0.6) is 0 Å². The quantitative estimate of drug-likeness (QED) is 0.196. The van der Waals surface area contributed by atoms with Crippen LogP contribution in [-0.2, 0) is 9.59 Å². The van der Waals surface area contributed by atoms with Crippen molar-refractivity contribution < 1.29 is 9.59 Å². The van der Waals surface area contributed by atoms with Gasteiger partial charge in [-0.05, 0) is 0 Å². The van der Waals surface area contributed by atoms with Gasteiger partial charge in [-0.3, -0.25) is 30.5 Å². The number of amidine groups is 2. The summed E-state index contributed by atoms with van der Waals surface area (Å²) in [4.78, 5) is 31.4. The summed E-state index contributed by atoms with van der Waals surface area (Å²) in [6.07, 6.45) is 1.20. The molecule has 0 aliphatic carbocycles. The summed E-state index contributed by atoms with van der Waals surface area (Å²) in [6.45, 7) is 6.99. The predicted molar refractivity (Wildman–Crippen MR) is 115 cm³/mol. The number of carbonyl (C=O) groups is 2. The van der Waals surface area contributed by atoms with Gasteiger partial charge in [-0.25, -0.2) is 0 Å². The Morgan fingerprint density at radius 2 is 1.39 bits per heavy atom. The molecule has 0 fully saturated rings. The van der Waals surface area contributed by atoms with Crippen molar-refractivity contribution in [2.75, 3.05) is 14.1 Å². The van der Waals surface area contributed by atoms with Crippen molar-refractivity contribution in [3.05, 3.63) is 83.3 Å². The first-order valence-electron chi connectivity index (χ1n) is 9.04. The molecule has 2 aromatic rings. The van der Waals surface area contributed by atoms with Gasteiger partial charge in [0.1, 0.15) is 11.5 Å². The van der Waals surface area contributed by atoms with Crippen molar-refractivity contribution in [1.29, 1.82) is 5.26 Å². The average Bonchev–Trinajstić information content (AvgIpc) is 2.76. The standard InChI is InChI=1S/C21H20N8O2/c1-23-25-21(17-12-8-5-9-13-17)29(3)27-19(31)14-18(30)26-28(2)20(24-15-22)16-10-6-4-7-11-16/h4-13H,14H2,2-3H3,(H,26,30)(H,27,31)/b24-20?,25-21-. The molecule has 0 spiro atoms. The summed E-state index contributed by atoms with van der Waals surface area (Å²) in [6, 6.07) is 17.7. The Labute approximate surface area is 179 Å². The Bertz CT molecular complexity index is 967. The number of hydrogen-bond acceptors (Lipinski definition) is 5. The van der Waals surface area contributed by atoms with Crippen LogP contribution in [0.1, 0.15) is 17.5 Å². The molecule has 2 aromatic carbocycles. The van der Waals surface area contributed by atoms with E-state index in [9.17, 15) is 9.59 Å². The highest BCUT2D eigenvalue weighted by atomic mass is 16.2. The lowest BCUT2D eigenvalue weighted by molar-refractivity contribution is -0.132. The van der Waals surface area contributed by atoms with Gasteiger partial charge in [0.15, 0.2) is 5.84 Å². The molecular formula is C21H20N8O2. The molecule has 0 aromatic heterocycles. The number of nitrogens with one attached hydrogen (secondary N) is 2. The fourth-order valence-corrected chi connectivity index (χ4v) is 2.63. The van der Waals surface area contributed by atoms with Gasteiger partial charge in [0, 0.05) is 25.2 Å². The van der Waals surface area contributed by atoms with E-state index in [-0.39, 0.29) is 11.7 Å². The maximum Gasteiger partial charge on any atom is 0.248 e. The molecule has 0 unspecified atom stereocenters. The van der Waals surface area contributed by atoms with E-state index in [0.29, 0.717) is 11.1 Å². The summed E-state index contributed by atoms with van der Waals surface area (Å²) >= 11 is 0. The lowest BCUT2D eigenvalue weighted by Crippen LogP contribution is -2.48. The SMILES string of the molecule is [C-]#[N+]/N=C(/c1ccccc1)N(C)NC(=O)CC(=O)NN(C)C(=NC#N)c1ccccc1. The van der Waals surface area contributed by atoms with Gasteiger partial charge in [0.05, 0.1) is 0 Å². The van der Waals surface area contributed by atoms with Crippen molar-refractivity contribution in [2.24, 2.45) is 10.1 Å². The molecule has 0 radical (unpaired) electrons.